The Balaban J connectivity index is 2.11. The van der Waals surface area contributed by atoms with Crippen molar-refractivity contribution in [1.82, 2.24) is 9.97 Å². The third-order valence-corrected chi connectivity index (χ3v) is 4.38. The standard InChI is InChI=1S/C13H18N2OS2/c1-3-16-10-4-5-11-12(6-10)15-13(14-11)18-8-9(2)7-17/h4-6,9,17H,3,7-8H2,1-2H3,(H,14,15). The fraction of sp³-hybridized carbons (Fsp3) is 0.462. The first-order valence-electron chi connectivity index (χ1n) is 6.09. The summed E-state index contributed by atoms with van der Waals surface area (Å²) in [6.07, 6.45) is 0. The lowest BCUT2D eigenvalue weighted by molar-refractivity contribution is 0.340. The van der Waals surface area contributed by atoms with Gasteiger partial charge in [0.05, 0.1) is 17.6 Å². The lowest BCUT2D eigenvalue weighted by atomic mass is 10.3. The van der Waals surface area contributed by atoms with Gasteiger partial charge >= 0.3 is 0 Å². The van der Waals surface area contributed by atoms with Crippen LogP contribution in [0, 0.1) is 5.92 Å². The minimum absolute atomic E-state index is 0.588. The Labute approximate surface area is 117 Å². The molecule has 18 heavy (non-hydrogen) atoms. The van der Waals surface area contributed by atoms with E-state index in [0.717, 1.165) is 33.4 Å². The highest BCUT2D eigenvalue weighted by Gasteiger charge is 2.06. The maximum absolute atomic E-state index is 5.47. The van der Waals surface area contributed by atoms with Crippen LogP contribution in [0.1, 0.15) is 13.8 Å². The highest BCUT2D eigenvalue weighted by atomic mass is 32.2. The van der Waals surface area contributed by atoms with Crippen molar-refractivity contribution >= 4 is 35.4 Å². The number of thioether (sulfide) groups is 1. The Bertz CT molecular complexity index is 513. The summed E-state index contributed by atoms with van der Waals surface area (Å²) in [6.45, 7) is 4.86. The summed E-state index contributed by atoms with van der Waals surface area (Å²) in [5, 5.41) is 0.965. The molecule has 0 fully saturated rings. The van der Waals surface area contributed by atoms with E-state index in [4.69, 9.17) is 4.74 Å². The van der Waals surface area contributed by atoms with Crippen molar-refractivity contribution in [1.29, 1.82) is 0 Å². The largest absolute Gasteiger partial charge is 0.494 e. The number of aromatic nitrogens is 2. The highest BCUT2D eigenvalue weighted by molar-refractivity contribution is 7.99. The van der Waals surface area contributed by atoms with Gasteiger partial charge in [-0.05, 0) is 30.7 Å². The molecule has 0 saturated carbocycles. The summed E-state index contributed by atoms with van der Waals surface area (Å²) >= 11 is 6.03. The minimum atomic E-state index is 0.588. The molecule has 0 amide bonds. The number of hydrogen-bond donors (Lipinski definition) is 2. The number of rotatable bonds is 6. The molecule has 0 radical (unpaired) electrons. The number of nitrogens with zero attached hydrogens (tertiary/aromatic N) is 1. The second-order valence-electron chi connectivity index (χ2n) is 4.25. The molecule has 0 aliphatic rings. The van der Waals surface area contributed by atoms with Gasteiger partial charge in [0, 0.05) is 11.8 Å². The minimum Gasteiger partial charge on any atom is -0.494 e. The Hall–Kier alpha value is -0.810. The number of benzene rings is 1. The first-order valence-corrected chi connectivity index (χ1v) is 7.71. The molecule has 1 heterocycles. The summed E-state index contributed by atoms with van der Waals surface area (Å²) in [5.41, 5.74) is 2.02. The number of nitrogens with one attached hydrogen (secondary N) is 1. The molecule has 1 unspecified atom stereocenters. The van der Waals surface area contributed by atoms with Gasteiger partial charge in [0.1, 0.15) is 5.75 Å². The fourth-order valence-corrected chi connectivity index (χ4v) is 2.77. The van der Waals surface area contributed by atoms with Gasteiger partial charge in [0.25, 0.3) is 0 Å². The van der Waals surface area contributed by atoms with Crippen LogP contribution in [-0.4, -0.2) is 28.1 Å². The normalized spacial score (nSPS) is 12.8. The van der Waals surface area contributed by atoms with Crippen LogP contribution in [0.4, 0.5) is 0 Å². The first-order chi connectivity index (χ1) is 8.72. The molecule has 0 bridgehead atoms. The quantitative estimate of drug-likeness (QED) is 0.628. The lowest BCUT2D eigenvalue weighted by Gasteiger charge is -2.04. The van der Waals surface area contributed by atoms with Crippen molar-refractivity contribution < 1.29 is 4.74 Å². The number of ether oxygens (including phenoxy) is 1. The number of imidazole rings is 1. The molecule has 3 nitrogen and oxygen atoms in total. The van der Waals surface area contributed by atoms with Crippen LogP contribution in [-0.2, 0) is 0 Å². The van der Waals surface area contributed by atoms with Gasteiger partial charge in [0.15, 0.2) is 5.16 Å². The van der Waals surface area contributed by atoms with Crippen molar-refractivity contribution in [2.75, 3.05) is 18.1 Å². The van der Waals surface area contributed by atoms with Gasteiger partial charge in [-0.3, -0.25) is 0 Å². The first kappa shape index (κ1) is 13.6. The van der Waals surface area contributed by atoms with Gasteiger partial charge in [-0.1, -0.05) is 18.7 Å². The van der Waals surface area contributed by atoms with Crippen molar-refractivity contribution in [3.05, 3.63) is 18.2 Å². The van der Waals surface area contributed by atoms with Crippen LogP contribution < -0.4 is 4.74 Å². The third kappa shape index (κ3) is 3.36. The Morgan fingerprint density at radius 1 is 1.50 bits per heavy atom. The molecule has 0 saturated heterocycles. The van der Waals surface area contributed by atoms with Crippen LogP contribution in [0.5, 0.6) is 5.75 Å². The monoisotopic (exact) mass is 282 g/mol. The second kappa shape index (κ2) is 6.38. The SMILES string of the molecule is CCOc1ccc2nc(SCC(C)CS)[nH]c2c1. The summed E-state index contributed by atoms with van der Waals surface area (Å²) in [6, 6.07) is 5.94. The van der Waals surface area contributed by atoms with Crippen LogP contribution >= 0.6 is 24.4 Å². The van der Waals surface area contributed by atoms with Crippen molar-refractivity contribution in [3.8, 4) is 5.75 Å². The van der Waals surface area contributed by atoms with Gasteiger partial charge in [-0.2, -0.15) is 12.6 Å². The van der Waals surface area contributed by atoms with Gasteiger partial charge in [-0.15, -0.1) is 0 Å². The molecule has 2 aromatic rings. The molecule has 1 N–H and O–H groups in total. The van der Waals surface area contributed by atoms with Crippen LogP contribution in [0.15, 0.2) is 23.4 Å². The molecule has 1 aromatic carbocycles. The van der Waals surface area contributed by atoms with E-state index in [1.165, 1.54) is 0 Å². The van der Waals surface area contributed by atoms with E-state index < -0.39 is 0 Å². The van der Waals surface area contributed by atoms with E-state index in [9.17, 15) is 0 Å². The third-order valence-electron chi connectivity index (χ3n) is 2.56. The van der Waals surface area contributed by atoms with Gasteiger partial charge in [-0.25, -0.2) is 4.98 Å². The number of aromatic amines is 1. The lowest BCUT2D eigenvalue weighted by Crippen LogP contribution is -1.99. The molecule has 2 rings (SSSR count). The Morgan fingerprint density at radius 3 is 3.06 bits per heavy atom. The highest BCUT2D eigenvalue weighted by Crippen LogP contribution is 2.24. The zero-order chi connectivity index (χ0) is 13.0. The smallest absolute Gasteiger partial charge is 0.166 e. The van der Waals surface area contributed by atoms with E-state index in [-0.39, 0.29) is 0 Å². The molecule has 5 heteroatoms. The predicted molar refractivity (Wildman–Crippen MR) is 81.0 cm³/mol. The van der Waals surface area contributed by atoms with Gasteiger partial charge in [0.2, 0.25) is 0 Å². The molecule has 98 valence electrons. The van der Waals surface area contributed by atoms with E-state index in [1.54, 1.807) is 11.8 Å². The number of thiol groups is 1. The van der Waals surface area contributed by atoms with Crippen molar-refractivity contribution in [2.45, 2.75) is 19.0 Å². The molecular formula is C13H18N2OS2. The van der Waals surface area contributed by atoms with E-state index in [0.29, 0.717) is 12.5 Å². The summed E-state index contributed by atoms with van der Waals surface area (Å²) < 4.78 is 5.47. The Kier molecular flexibility index (Phi) is 4.83. The number of hydrogen-bond acceptors (Lipinski definition) is 4. The predicted octanol–water partition coefficient (Wildman–Crippen LogP) is 3.62. The van der Waals surface area contributed by atoms with Crippen LogP contribution in [0.25, 0.3) is 11.0 Å². The van der Waals surface area contributed by atoms with Crippen molar-refractivity contribution in [2.24, 2.45) is 5.92 Å². The molecule has 1 aromatic heterocycles. The van der Waals surface area contributed by atoms with Gasteiger partial charge < -0.3 is 9.72 Å². The average molecular weight is 282 g/mol. The Morgan fingerprint density at radius 2 is 2.33 bits per heavy atom. The summed E-state index contributed by atoms with van der Waals surface area (Å²) in [4.78, 5) is 7.87. The van der Waals surface area contributed by atoms with Crippen LogP contribution in [0.3, 0.4) is 0 Å². The van der Waals surface area contributed by atoms with E-state index in [2.05, 4.69) is 29.5 Å². The molecule has 0 aliphatic heterocycles. The second-order valence-corrected chi connectivity index (χ2v) is 5.63. The summed E-state index contributed by atoms with van der Waals surface area (Å²) in [7, 11) is 0. The fourth-order valence-electron chi connectivity index (χ4n) is 1.56. The maximum Gasteiger partial charge on any atom is 0.166 e. The molecule has 0 spiro atoms. The molecule has 1 atom stereocenters. The molecular weight excluding hydrogens is 264 g/mol. The van der Waals surface area contributed by atoms with Crippen LogP contribution in [0.2, 0.25) is 0 Å². The van der Waals surface area contributed by atoms with Crippen molar-refractivity contribution in [3.63, 3.8) is 0 Å². The number of fused-ring (bicyclic) bond motifs is 1. The topological polar surface area (TPSA) is 37.9 Å². The molecule has 0 aliphatic carbocycles. The van der Waals surface area contributed by atoms with E-state index >= 15 is 0 Å². The number of H-pyrrole nitrogens is 1. The zero-order valence-electron chi connectivity index (χ0n) is 10.6. The maximum atomic E-state index is 5.47. The van der Waals surface area contributed by atoms with E-state index in [1.807, 2.05) is 25.1 Å². The zero-order valence-corrected chi connectivity index (χ0v) is 12.4. The average Bonchev–Trinajstić information content (AvgIpc) is 2.78. The summed E-state index contributed by atoms with van der Waals surface area (Å²) in [5.74, 6) is 3.41.